The van der Waals surface area contributed by atoms with Gasteiger partial charge in [-0.25, -0.2) is 4.79 Å². The molecule has 0 aromatic carbocycles. The van der Waals surface area contributed by atoms with Crippen molar-refractivity contribution >= 4 is 23.7 Å². The molecule has 0 fully saturated rings. The molecular formula is C12H25N3O3S. The quantitative estimate of drug-likeness (QED) is 0.516. The average molecular weight is 291 g/mol. The number of aliphatic hydroxyl groups is 1. The normalized spacial score (nSPS) is 17.1. The van der Waals surface area contributed by atoms with Crippen LogP contribution < -0.4 is 16.4 Å². The van der Waals surface area contributed by atoms with Gasteiger partial charge in [-0.05, 0) is 19.1 Å². The molecule has 19 heavy (non-hydrogen) atoms. The topological polar surface area (TPSA) is 104 Å². The summed E-state index contributed by atoms with van der Waals surface area (Å²) >= 11 is 1.50. The Morgan fingerprint density at radius 1 is 1.47 bits per heavy atom. The Balaban J connectivity index is 4.52. The van der Waals surface area contributed by atoms with E-state index in [-0.39, 0.29) is 18.4 Å². The van der Waals surface area contributed by atoms with E-state index in [0.29, 0.717) is 5.75 Å². The molecule has 3 amide bonds. The third-order valence-corrected chi connectivity index (χ3v) is 3.80. The molecule has 0 aliphatic rings. The lowest BCUT2D eigenvalue weighted by Gasteiger charge is -2.26. The van der Waals surface area contributed by atoms with Crippen LogP contribution in [0.1, 0.15) is 27.2 Å². The molecule has 0 spiro atoms. The van der Waals surface area contributed by atoms with E-state index in [9.17, 15) is 14.7 Å². The second-order valence-corrected chi connectivity index (χ2v) is 5.89. The Bertz CT molecular complexity index is 311. The van der Waals surface area contributed by atoms with Gasteiger partial charge in [0, 0.05) is 12.3 Å². The van der Waals surface area contributed by atoms with Crippen LogP contribution in [0.15, 0.2) is 0 Å². The summed E-state index contributed by atoms with van der Waals surface area (Å²) in [5, 5.41) is 15.1. The van der Waals surface area contributed by atoms with Crippen LogP contribution in [0.5, 0.6) is 0 Å². The minimum absolute atomic E-state index is 0.0296. The van der Waals surface area contributed by atoms with E-state index < -0.39 is 17.7 Å². The Labute approximate surface area is 118 Å². The van der Waals surface area contributed by atoms with E-state index in [0.717, 1.165) is 6.42 Å². The molecule has 3 atom stereocenters. The standard InChI is InChI=1S/C12H25N3O3S/c1-5-8(2)9(15-11(13)17)10(16)14-6-12(3,18)7-19-4/h8-9,18H,5-7H2,1-4H3,(H,14,16)(H3,13,15,17). The fourth-order valence-electron chi connectivity index (χ4n) is 1.60. The third kappa shape index (κ3) is 7.27. The molecule has 0 aliphatic carbocycles. The molecule has 6 nitrogen and oxygen atoms in total. The number of amides is 3. The molecule has 0 saturated heterocycles. The van der Waals surface area contributed by atoms with Crippen molar-refractivity contribution in [2.75, 3.05) is 18.6 Å². The lowest BCUT2D eigenvalue weighted by molar-refractivity contribution is -0.125. The van der Waals surface area contributed by atoms with Crippen molar-refractivity contribution in [3.63, 3.8) is 0 Å². The van der Waals surface area contributed by atoms with Crippen LogP contribution in [-0.4, -0.2) is 47.2 Å². The predicted octanol–water partition coefficient (Wildman–Crippen LogP) is 0.300. The summed E-state index contributed by atoms with van der Waals surface area (Å²) in [7, 11) is 0. The Kier molecular flexibility index (Phi) is 7.85. The van der Waals surface area contributed by atoms with Crippen LogP contribution in [0.2, 0.25) is 0 Å². The Hall–Kier alpha value is -0.950. The molecule has 0 rings (SSSR count). The van der Waals surface area contributed by atoms with Gasteiger partial charge in [0.1, 0.15) is 6.04 Å². The number of hydrogen-bond donors (Lipinski definition) is 4. The van der Waals surface area contributed by atoms with Gasteiger partial charge in [-0.15, -0.1) is 0 Å². The van der Waals surface area contributed by atoms with Gasteiger partial charge in [0.2, 0.25) is 5.91 Å². The highest BCUT2D eigenvalue weighted by Crippen LogP contribution is 2.11. The molecule has 3 unspecified atom stereocenters. The zero-order valence-corrected chi connectivity index (χ0v) is 12.8. The summed E-state index contributed by atoms with van der Waals surface area (Å²) in [6.45, 7) is 5.58. The summed E-state index contributed by atoms with van der Waals surface area (Å²) in [6.07, 6.45) is 2.62. The maximum absolute atomic E-state index is 12.0. The van der Waals surface area contributed by atoms with E-state index in [4.69, 9.17) is 5.73 Å². The molecule has 0 bridgehead atoms. The van der Waals surface area contributed by atoms with E-state index >= 15 is 0 Å². The van der Waals surface area contributed by atoms with Crippen molar-refractivity contribution in [1.82, 2.24) is 10.6 Å². The number of thioether (sulfide) groups is 1. The first kappa shape index (κ1) is 18.0. The van der Waals surface area contributed by atoms with Crippen molar-refractivity contribution < 1.29 is 14.7 Å². The first-order valence-electron chi connectivity index (χ1n) is 6.28. The van der Waals surface area contributed by atoms with E-state index in [2.05, 4.69) is 10.6 Å². The number of hydrogen-bond acceptors (Lipinski definition) is 4. The van der Waals surface area contributed by atoms with Crippen LogP contribution in [0, 0.1) is 5.92 Å². The van der Waals surface area contributed by atoms with E-state index in [1.807, 2.05) is 20.1 Å². The number of primary amides is 1. The summed E-state index contributed by atoms with van der Waals surface area (Å²) < 4.78 is 0. The van der Waals surface area contributed by atoms with Gasteiger partial charge in [-0.2, -0.15) is 11.8 Å². The molecule has 0 aromatic heterocycles. The highest BCUT2D eigenvalue weighted by molar-refractivity contribution is 7.98. The summed E-state index contributed by atoms with van der Waals surface area (Å²) in [6, 6.07) is -1.40. The number of urea groups is 1. The number of nitrogens with two attached hydrogens (primary N) is 1. The smallest absolute Gasteiger partial charge is 0.312 e. The molecule has 7 heteroatoms. The fraction of sp³-hybridized carbons (Fsp3) is 0.833. The molecule has 0 aliphatic heterocycles. The van der Waals surface area contributed by atoms with Crippen LogP contribution in [0.25, 0.3) is 0 Å². The fourth-order valence-corrected chi connectivity index (χ4v) is 2.33. The van der Waals surface area contributed by atoms with Gasteiger partial charge in [-0.3, -0.25) is 4.79 Å². The number of nitrogens with one attached hydrogen (secondary N) is 2. The van der Waals surface area contributed by atoms with Gasteiger partial charge >= 0.3 is 6.03 Å². The van der Waals surface area contributed by atoms with E-state index in [1.54, 1.807) is 6.92 Å². The summed E-state index contributed by atoms with van der Waals surface area (Å²) in [5.74, 6) is 0.164. The van der Waals surface area contributed by atoms with Crippen molar-refractivity contribution in [2.24, 2.45) is 11.7 Å². The van der Waals surface area contributed by atoms with Gasteiger partial charge in [-0.1, -0.05) is 20.3 Å². The highest BCUT2D eigenvalue weighted by Gasteiger charge is 2.27. The van der Waals surface area contributed by atoms with Crippen LogP contribution in [0.4, 0.5) is 4.79 Å². The maximum atomic E-state index is 12.0. The molecule has 0 aromatic rings. The Morgan fingerprint density at radius 3 is 2.47 bits per heavy atom. The van der Waals surface area contributed by atoms with Crippen molar-refractivity contribution in [1.29, 1.82) is 0 Å². The lowest BCUT2D eigenvalue weighted by Crippen LogP contribution is -2.54. The first-order chi connectivity index (χ1) is 8.73. The highest BCUT2D eigenvalue weighted by atomic mass is 32.2. The molecule has 0 radical (unpaired) electrons. The molecule has 112 valence electrons. The van der Waals surface area contributed by atoms with Crippen LogP contribution >= 0.6 is 11.8 Å². The third-order valence-electron chi connectivity index (χ3n) is 2.89. The Morgan fingerprint density at radius 2 is 2.05 bits per heavy atom. The van der Waals surface area contributed by atoms with Gasteiger partial charge in [0.05, 0.1) is 5.60 Å². The summed E-state index contributed by atoms with van der Waals surface area (Å²) in [4.78, 5) is 22.9. The molecule has 0 saturated carbocycles. The van der Waals surface area contributed by atoms with Crippen molar-refractivity contribution in [3.8, 4) is 0 Å². The number of rotatable bonds is 8. The second kappa shape index (κ2) is 8.27. The zero-order valence-electron chi connectivity index (χ0n) is 12.0. The van der Waals surface area contributed by atoms with Gasteiger partial charge < -0.3 is 21.5 Å². The van der Waals surface area contributed by atoms with Gasteiger partial charge in [0.25, 0.3) is 0 Å². The first-order valence-corrected chi connectivity index (χ1v) is 7.68. The molecule has 5 N–H and O–H groups in total. The minimum Gasteiger partial charge on any atom is -0.387 e. The van der Waals surface area contributed by atoms with Gasteiger partial charge in [0.15, 0.2) is 0 Å². The average Bonchev–Trinajstić information content (AvgIpc) is 2.32. The van der Waals surface area contributed by atoms with Crippen LogP contribution in [0.3, 0.4) is 0 Å². The maximum Gasteiger partial charge on any atom is 0.312 e. The van der Waals surface area contributed by atoms with E-state index in [1.165, 1.54) is 11.8 Å². The number of carbonyl (C=O) groups excluding carboxylic acids is 2. The van der Waals surface area contributed by atoms with Crippen LogP contribution in [-0.2, 0) is 4.79 Å². The lowest BCUT2D eigenvalue weighted by atomic mass is 9.98. The minimum atomic E-state index is -0.970. The molecular weight excluding hydrogens is 266 g/mol. The number of carbonyl (C=O) groups is 2. The summed E-state index contributed by atoms with van der Waals surface area (Å²) in [5.41, 5.74) is 4.10. The van der Waals surface area contributed by atoms with Crippen molar-refractivity contribution in [3.05, 3.63) is 0 Å². The SMILES string of the molecule is CCC(C)C(NC(N)=O)C(=O)NCC(C)(O)CSC. The second-order valence-electron chi connectivity index (χ2n) is 5.02. The molecule has 0 heterocycles. The van der Waals surface area contributed by atoms with Crippen molar-refractivity contribution in [2.45, 2.75) is 38.8 Å². The largest absolute Gasteiger partial charge is 0.387 e. The predicted molar refractivity (Wildman–Crippen MR) is 78.0 cm³/mol. The zero-order chi connectivity index (χ0) is 15.1. The monoisotopic (exact) mass is 291 g/mol.